The number of piperazine rings is 1. The highest BCUT2D eigenvalue weighted by atomic mass is 32.2. The van der Waals surface area contributed by atoms with Gasteiger partial charge in [0.1, 0.15) is 0 Å². The van der Waals surface area contributed by atoms with Gasteiger partial charge in [-0.05, 0) is 55.2 Å². The number of rotatable bonds is 5. The van der Waals surface area contributed by atoms with Crippen molar-refractivity contribution in [1.29, 1.82) is 0 Å². The number of anilines is 1. The van der Waals surface area contributed by atoms with Crippen LogP contribution in [0.25, 0.3) is 0 Å². The second-order valence-electron chi connectivity index (χ2n) is 7.00. The monoisotopic (exact) mass is 372 g/mol. The zero-order valence-corrected chi connectivity index (χ0v) is 16.7. The van der Waals surface area contributed by atoms with Crippen LogP contribution in [0.5, 0.6) is 0 Å². The summed E-state index contributed by atoms with van der Waals surface area (Å²) in [6, 6.07) is 13.7. The summed E-state index contributed by atoms with van der Waals surface area (Å²) < 4.78 is 27.5. The summed E-state index contributed by atoms with van der Waals surface area (Å²) in [5.41, 5.74) is 4.94. The van der Waals surface area contributed by atoms with E-state index in [0.717, 1.165) is 25.9 Å². The van der Waals surface area contributed by atoms with Crippen molar-refractivity contribution in [3.05, 3.63) is 59.2 Å². The molecule has 0 aliphatic carbocycles. The molecule has 0 spiro atoms. The number of sulfonamides is 1. The quantitative estimate of drug-likeness (QED) is 0.802. The van der Waals surface area contributed by atoms with Gasteiger partial charge in [0.25, 0.3) is 0 Å². The minimum absolute atomic E-state index is 0.400. The van der Waals surface area contributed by atoms with Crippen LogP contribution in [-0.4, -0.2) is 38.9 Å². The minimum atomic E-state index is -3.41. The molecule has 0 N–H and O–H groups in total. The lowest BCUT2D eigenvalue weighted by molar-refractivity contribution is 0.384. The number of aryl methyl sites for hydroxylation is 2. The fourth-order valence-electron chi connectivity index (χ4n) is 3.51. The highest BCUT2D eigenvalue weighted by Gasteiger charge is 2.28. The average molecular weight is 373 g/mol. The molecule has 26 heavy (non-hydrogen) atoms. The Morgan fingerprint density at radius 1 is 0.923 bits per heavy atom. The maximum atomic E-state index is 12.9. The molecule has 5 heteroatoms. The van der Waals surface area contributed by atoms with E-state index in [0.29, 0.717) is 18.0 Å². The number of hydrogen-bond donors (Lipinski definition) is 0. The van der Waals surface area contributed by atoms with E-state index in [-0.39, 0.29) is 0 Å². The smallest absolute Gasteiger partial charge is 0.243 e. The zero-order chi connectivity index (χ0) is 18.7. The fraction of sp³-hybridized carbons (Fsp3) is 0.429. The molecule has 4 nitrogen and oxygen atoms in total. The topological polar surface area (TPSA) is 40.6 Å². The van der Waals surface area contributed by atoms with Crippen LogP contribution >= 0.6 is 0 Å². The first-order valence-electron chi connectivity index (χ1n) is 9.33. The van der Waals surface area contributed by atoms with Gasteiger partial charge in [-0.2, -0.15) is 4.31 Å². The van der Waals surface area contributed by atoms with Gasteiger partial charge >= 0.3 is 0 Å². The lowest BCUT2D eigenvalue weighted by atomic mass is 10.1. The maximum absolute atomic E-state index is 12.9. The Balaban J connectivity index is 1.71. The standard InChI is InChI=1S/C21H28N2O2S/c1-4-6-19-9-11-20(12-10-19)26(24,25)23-15-13-22(14-16-23)21-8-5-7-17(2)18(21)3/h5,7-12H,4,6,13-16H2,1-3H3. The Bertz CT molecular complexity index is 852. The Labute approximate surface area is 157 Å². The number of hydrogen-bond acceptors (Lipinski definition) is 3. The molecule has 0 unspecified atom stereocenters. The predicted molar refractivity (Wildman–Crippen MR) is 107 cm³/mol. The Hall–Kier alpha value is -1.85. The van der Waals surface area contributed by atoms with E-state index in [4.69, 9.17) is 0 Å². The van der Waals surface area contributed by atoms with Crippen LogP contribution in [0.4, 0.5) is 5.69 Å². The van der Waals surface area contributed by atoms with Gasteiger partial charge < -0.3 is 4.90 Å². The van der Waals surface area contributed by atoms with Gasteiger partial charge in [0.2, 0.25) is 10.0 Å². The lowest BCUT2D eigenvalue weighted by Gasteiger charge is -2.36. The van der Waals surface area contributed by atoms with Crippen molar-refractivity contribution in [3.63, 3.8) is 0 Å². The van der Waals surface area contributed by atoms with Crippen LogP contribution in [0.15, 0.2) is 47.4 Å². The molecule has 0 bridgehead atoms. The van der Waals surface area contributed by atoms with Gasteiger partial charge in [0.15, 0.2) is 0 Å². The Morgan fingerprint density at radius 3 is 2.19 bits per heavy atom. The molecule has 0 atom stereocenters. The minimum Gasteiger partial charge on any atom is -0.369 e. The van der Waals surface area contributed by atoms with Crippen molar-refractivity contribution in [3.8, 4) is 0 Å². The maximum Gasteiger partial charge on any atom is 0.243 e. The van der Waals surface area contributed by atoms with Crippen LogP contribution in [0.2, 0.25) is 0 Å². The van der Waals surface area contributed by atoms with E-state index in [1.165, 1.54) is 22.4 Å². The predicted octanol–water partition coefficient (Wildman–Crippen LogP) is 3.77. The van der Waals surface area contributed by atoms with Crippen molar-refractivity contribution in [2.75, 3.05) is 31.1 Å². The van der Waals surface area contributed by atoms with E-state index in [1.807, 2.05) is 12.1 Å². The highest BCUT2D eigenvalue weighted by molar-refractivity contribution is 7.89. The summed E-state index contributed by atoms with van der Waals surface area (Å²) in [7, 11) is -3.41. The van der Waals surface area contributed by atoms with Gasteiger partial charge in [0, 0.05) is 31.9 Å². The van der Waals surface area contributed by atoms with Gasteiger partial charge in [0.05, 0.1) is 4.90 Å². The molecular formula is C21H28N2O2S. The van der Waals surface area contributed by atoms with Gasteiger partial charge in [-0.3, -0.25) is 0 Å². The number of nitrogens with zero attached hydrogens (tertiary/aromatic N) is 2. The third kappa shape index (κ3) is 3.79. The van der Waals surface area contributed by atoms with E-state index >= 15 is 0 Å². The molecule has 0 radical (unpaired) electrons. The van der Waals surface area contributed by atoms with Crippen LogP contribution in [-0.2, 0) is 16.4 Å². The largest absolute Gasteiger partial charge is 0.369 e. The summed E-state index contributed by atoms with van der Waals surface area (Å²) in [4.78, 5) is 2.69. The molecule has 1 aliphatic rings. The SMILES string of the molecule is CCCc1ccc(S(=O)(=O)N2CCN(c3cccc(C)c3C)CC2)cc1. The van der Waals surface area contributed by atoms with Crippen LogP contribution in [0.3, 0.4) is 0 Å². The fourth-order valence-corrected chi connectivity index (χ4v) is 4.94. The van der Waals surface area contributed by atoms with Crippen molar-refractivity contribution < 1.29 is 8.42 Å². The molecule has 2 aromatic rings. The first-order chi connectivity index (χ1) is 12.4. The zero-order valence-electron chi connectivity index (χ0n) is 15.9. The van der Waals surface area contributed by atoms with Gasteiger partial charge in [-0.1, -0.05) is 37.6 Å². The molecule has 140 valence electrons. The third-order valence-electron chi connectivity index (χ3n) is 5.26. The van der Waals surface area contributed by atoms with Crippen molar-refractivity contribution >= 4 is 15.7 Å². The molecule has 0 saturated carbocycles. The molecule has 1 heterocycles. The molecule has 0 aromatic heterocycles. The van der Waals surface area contributed by atoms with Crippen LogP contribution in [0.1, 0.15) is 30.0 Å². The van der Waals surface area contributed by atoms with Crippen molar-refractivity contribution in [2.45, 2.75) is 38.5 Å². The third-order valence-corrected chi connectivity index (χ3v) is 7.17. The molecular weight excluding hydrogens is 344 g/mol. The lowest BCUT2D eigenvalue weighted by Crippen LogP contribution is -2.48. The first kappa shape index (κ1) is 18.9. The van der Waals surface area contributed by atoms with Crippen molar-refractivity contribution in [1.82, 2.24) is 4.31 Å². The normalized spacial score (nSPS) is 16.0. The van der Waals surface area contributed by atoms with E-state index in [9.17, 15) is 8.42 Å². The molecule has 1 fully saturated rings. The summed E-state index contributed by atoms with van der Waals surface area (Å²) in [6.45, 7) is 8.85. The highest BCUT2D eigenvalue weighted by Crippen LogP contribution is 2.25. The van der Waals surface area contributed by atoms with Gasteiger partial charge in [-0.15, -0.1) is 0 Å². The summed E-state index contributed by atoms with van der Waals surface area (Å²) in [6.07, 6.45) is 2.04. The second kappa shape index (κ2) is 7.80. The number of benzene rings is 2. The average Bonchev–Trinajstić information content (AvgIpc) is 2.65. The molecule has 2 aromatic carbocycles. The summed E-state index contributed by atoms with van der Waals surface area (Å²) in [5, 5.41) is 0. The molecule has 3 rings (SSSR count). The molecule has 1 aliphatic heterocycles. The Kier molecular flexibility index (Phi) is 5.68. The first-order valence-corrected chi connectivity index (χ1v) is 10.8. The van der Waals surface area contributed by atoms with Crippen LogP contribution in [0, 0.1) is 13.8 Å². The molecule has 1 saturated heterocycles. The van der Waals surface area contributed by atoms with Gasteiger partial charge in [-0.25, -0.2) is 8.42 Å². The Morgan fingerprint density at radius 2 is 1.58 bits per heavy atom. The van der Waals surface area contributed by atoms with E-state index < -0.39 is 10.0 Å². The van der Waals surface area contributed by atoms with E-state index in [1.54, 1.807) is 16.4 Å². The summed E-state index contributed by atoms with van der Waals surface area (Å²) >= 11 is 0. The van der Waals surface area contributed by atoms with E-state index in [2.05, 4.69) is 43.9 Å². The molecule has 0 amide bonds. The summed E-state index contributed by atoms with van der Waals surface area (Å²) in [5.74, 6) is 0. The van der Waals surface area contributed by atoms with Crippen LogP contribution < -0.4 is 4.90 Å². The second-order valence-corrected chi connectivity index (χ2v) is 8.94. The van der Waals surface area contributed by atoms with Crippen molar-refractivity contribution in [2.24, 2.45) is 0 Å².